The van der Waals surface area contributed by atoms with Gasteiger partial charge in [-0.3, -0.25) is 0 Å². The van der Waals surface area contributed by atoms with Crippen LogP contribution in [-0.4, -0.2) is 22.8 Å². The van der Waals surface area contributed by atoms with Gasteiger partial charge in [-0.25, -0.2) is 0 Å². The molecule has 1 fully saturated rings. The summed E-state index contributed by atoms with van der Waals surface area (Å²) < 4.78 is 0. The van der Waals surface area contributed by atoms with Crippen molar-refractivity contribution < 1.29 is 0 Å². The van der Waals surface area contributed by atoms with Gasteiger partial charge in [0.05, 0.1) is 5.69 Å². The summed E-state index contributed by atoms with van der Waals surface area (Å²) in [5.74, 6) is 1.71. The lowest BCUT2D eigenvalue weighted by molar-refractivity contribution is 0.361. The van der Waals surface area contributed by atoms with E-state index in [9.17, 15) is 0 Å². The summed E-state index contributed by atoms with van der Waals surface area (Å²) in [5.41, 5.74) is 6.36. The fourth-order valence-corrected chi connectivity index (χ4v) is 2.27. The Morgan fingerprint density at radius 2 is 2.19 bits per heavy atom. The topological polar surface area (TPSA) is 55.0 Å². The van der Waals surface area contributed by atoms with Crippen molar-refractivity contribution in [2.45, 2.75) is 39.3 Å². The zero-order valence-electron chi connectivity index (χ0n) is 10.1. The second-order valence-electron chi connectivity index (χ2n) is 4.64. The monoisotopic (exact) mass is 220 g/mol. The van der Waals surface area contributed by atoms with E-state index in [-0.39, 0.29) is 0 Å². The summed E-state index contributed by atoms with van der Waals surface area (Å²) in [6.45, 7) is 6.11. The molecule has 2 N–H and O–H groups in total. The molecule has 1 aromatic rings. The molecule has 0 radical (unpaired) electrons. The number of rotatable bonds is 2. The fourth-order valence-electron chi connectivity index (χ4n) is 2.27. The molecular formula is C12H20N4. The lowest BCUT2D eigenvalue weighted by Crippen LogP contribution is -2.43. The molecule has 0 aliphatic carbocycles. The smallest absolute Gasteiger partial charge is 0.151 e. The first-order chi connectivity index (χ1) is 7.72. The molecule has 1 aliphatic heterocycles. The number of hydrogen-bond donors (Lipinski definition) is 1. The third kappa shape index (κ3) is 2.16. The van der Waals surface area contributed by atoms with Crippen LogP contribution in [0.3, 0.4) is 0 Å². The summed E-state index contributed by atoms with van der Waals surface area (Å²) >= 11 is 0. The summed E-state index contributed by atoms with van der Waals surface area (Å²) in [6.07, 6.45) is 2.55. The van der Waals surface area contributed by atoms with Crippen molar-refractivity contribution in [2.75, 3.05) is 11.4 Å². The van der Waals surface area contributed by atoms with E-state index in [2.05, 4.69) is 28.9 Å². The molecule has 2 rings (SSSR count). The zero-order valence-corrected chi connectivity index (χ0v) is 10.1. The predicted molar refractivity (Wildman–Crippen MR) is 65.1 cm³/mol. The molecule has 16 heavy (non-hydrogen) atoms. The van der Waals surface area contributed by atoms with E-state index >= 15 is 0 Å². The van der Waals surface area contributed by atoms with Crippen molar-refractivity contribution in [1.82, 2.24) is 10.2 Å². The minimum absolute atomic E-state index is 0.458. The third-order valence-corrected chi connectivity index (χ3v) is 3.58. The van der Waals surface area contributed by atoms with Gasteiger partial charge in [0.1, 0.15) is 0 Å². The van der Waals surface area contributed by atoms with E-state index in [0.29, 0.717) is 12.6 Å². The highest BCUT2D eigenvalue weighted by atomic mass is 15.3. The molecule has 1 aliphatic rings. The van der Waals surface area contributed by atoms with Crippen LogP contribution in [0.15, 0.2) is 12.1 Å². The Labute approximate surface area is 96.9 Å². The SMILES string of the molecule is CC1CCCN(c2ccc(CN)nn2)C1C. The Bertz CT molecular complexity index is 335. The molecule has 1 saturated heterocycles. The second kappa shape index (κ2) is 4.78. The van der Waals surface area contributed by atoms with Gasteiger partial charge in [0.2, 0.25) is 0 Å². The Kier molecular flexibility index (Phi) is 3.39. The van der Waals surface area contributed by atoms with Crippen LogP contribution in [0.25, 0.3) is 0 Å². The average molecular weight is 220 g/mol. The molecule has 0 bridgehead atoms. The van der Waals surface area contributed by atoms with Crippen LogP contribution >= 0.6 is 0 Å². The van der Waals surface area contributed by atoms with Crippen LogP contribution in [0, 0.1) is 5.92 Å². The van der Waals surface area contributed by atoms with Gasteiger partial charge in [0.25, 0.3) is 0 Å². The molecule has 0 saturated carbocycles. The number of aromatic nitrogens is 2. The van der Waals surface area contributed by atoms with Crippen molar-refractivity contribution in [3.8, 4) is 0 Å². The fraction of sp³-hybridized carbons (Fsp3) is 0.667. The van der Waals surface area contributed by atoms with Gasteiger partial charge in [-0.1, -0.05) is 6.92 Å². The first-order valence-electron chi connectivity index (χ1n) is 6.01. The Morgan fingerprint density at radius 1 is 1.38 bits per heavy atom. The van der Waals surface area contributed by atoms with Crippen molar-refractivity contribution in [3.05, 3.63) is 17.8 Å². The minimum atomic E-state index is 0.458. The van der Waals surface area contributed by atoms with E-state index in [1.54, 1.807) is 0 Å². The maximum absolute atomic E-state index is 5.51. The number of anilines is 1. The molecular weight excluding hydrogens is 200 g/mol. The maximum atomic E-state index is 5.51. The van der Waals surface area contributed by atoms with Gasteiger partial charge < -0.3 is 10.6 Å². The van der Waals surface area contributed by atoms with Crippen LogP contribution < -0.4 is 10.6 Å². The first kappa shape index (κ1) is 11.3. The number of nitrogens with two attached hydrogens (primary N) is 1. The van der Waals surface area contributed by atoms with Crippen LogP contribution in [0.2, 0.25) is 0 Å². The van der Waals surface area contributed by atoms with Gasteiger partial charge >= 0.3 is 0 Å². The molecule has 2 atom stereocenters. The average Bonchev–Trinajstić information content (AvgIpc) is 2.33. The minimum Gasteiger partial charge on any atom is -0.352 e. The Hall–Kier alpha value is -1.16. The zero-order chi connectivity index (χ0) is 11.5. The quantitative estimate of drug-likeness (QED) is 0.821. The maximum Gasteiger partial charge on any atom is 0.151 e. The van der Waals surface area contributed by atoms with E-state index in [1.807, 2.05) is 12.1 Å². The molecule has 2 unspecified atom stereocenters. The van der Waals surface area contributed by atoms with Crippen LogP contribution in [0.1, 0.15) is 32.4 Å². The van der Waals surface area contributed by atoms with E-state index in [1.165, 1.54) is 12.8 Å². The largest absolute Gasteiger partial charge is 0.352 e. The van der Waals surface area contributed by atoms with Crippen LogP contribution in [0.5, 0.6) is 0 Å². The molecule has 2 heterocycles. The summed E-state index contributed by atoms with van der Waals surface area (Å²) in [4.78, 5) is 2.35. The van der Waals surface area contributed by atoms with Gasteiger partial charge in [-0.05, 0) is 37.8 Å². The van der Waals surface area contributed by atoms with Crippen molar-refractivity contribution >= 4 is 5.82 Å². The lowest BCUT2D eigenvalue weighted by Gasteiger charge is -2.38. The summed E-state index contributed by atoms with van der Waals surface area (Å²) in [7, 11) is 0. The van der Waals surface area contributed by atoms with Crippen molar-refractivity contribution in [1.29, 1.82) is 0 Å². The molecule has 88 valence electrons. The normalized spacial score (nSPS) is 25.8. The molecule has 0 aromatic carbocycles. The molecule has 0 spiro atoms. The van der Waals surface area contributed by atoms with E-state index in [4.69, 9.17) is 5.73 Å². The van der Waals surface area contributed by atoms with Crippen LogP contribution in [-0.2, 0) is 6.54 Å². The van der Waals surface area contributed by atoms with Gasteiger partial charge in [0.15, 0.2) is 5.82 Å². The van der Waals surface area contributed by atoms with E-state index < -0.39 is 0 Å². The number of piperidine rings is 1. The Morgan fingerprint density at radius 3 is 2.81 bits per heavy atom. The van der Waals surface area contributed by atoms with Crippen molar-refractivity contribution in [3.63, 3.8) is 0 Å². The Balaban J connectivity index is 2.15. The second-order valence-corrected chi connectivity index (χ2v) is 4.64. The number of hydrogen-bond acceptors (Lipinski definition) is 4. The van der Waals surface area contributed by atoms with Gasteiger partial charge in [0, 0.05) is 19.1 Å². The standard InChI is InChI=1S/C12H20N4/c1-9-4-3-7-16(10(9)2)12-6-5-11(8-13)14-15-12/h5-6,9-10H,3-4,7-8,13H2,1-2H3. The highest BCUT2D eigenvalue weighted by Gasteiger charge is 2.25. The lowest BCUT2D eigenvalue weighted by atomic mass is 9.92. The molecule has 4 nitrogen and oxygen atoms in total. The summed E-state index contributed by atoms with van der Waals surface area (Å²) in [5, 5.41) is 8.37. The number of nitrogens with zero attached hydrogens (tertiary/aromatic N) is 3. The van der Waals surface area contributed by atoms with E-state index in [0.717, 1.165) is 24.0 Å². The van der Waals surface area contributed by atoms with Crippen LogP contribution in [0.4, 0.5) is 5.82 Å². The molecule has 0 amide bonds. The van der Waals surface area contributed by atoms with Crippen molar-refractivity contribution in [2.24, 2.45) is 11.7 Å². The highest BCUT2D eigenvalue weighted by molar-refractivity contribution is 5.39. The summed E-state index contributed by atoms with van der Waals surface area (Å²) in [6, 6.07) is 4.55. The molecule has 1 aromatic heterocycles. The highest BCUT2D eigenvalue weighted by Crippen LogP contribution is 2.26. The van der Waals surface area contributed by atoms with Gasteiger partial charge in [-0.2, -0.15) is 5.10 Å². The molecule has 4 heteroatoms. The third-order valence-electron chi connectivity index (χ3n) is 3.58. The predicted octanol–water partition coefficient (Wildman–Crippen LogP) is 1.56. The van der Waals surface area contributed by atoms with Gasteiger partial charge in [-0.15, -0.1) is 5.10 Å². The first-order valence-corrected chi connectivity index (χ1v) is 6.01.